The first-order chi connectivity index (χ1) is 11.6. The van der Waals surface area contributed by atoms with Crippen LogP contribution in [-0.2, 0) is 11.2 Å². The Morgan fingerprint density at radius 1 is 1.00 bits per heavy atom. The molecule has 0 aromatic heterocycles. The third-order valence-corrected chi connectivity index (χ3v) is 4.29. The van der Waals surface area contributed by atoms with E-state index in [1.165, 1.54) is 0 Å². The van der Waals surface area contributed by atoms with Gasteiger partial charge in [-0.2, -0.15) is 0 Å². The van der Waals surface area contributed by atoms with Gasteiger partial charge in [0.2, 0.25) is 5.91 Å². The molecule has 0 saturated carbocycles. The average molecular weight is 394 g/mol. The number of anilines is 1. The minimum atomic E-state index is -0.0822. The highest BCUT2D eigenvalue weighted by molar-refractivity contribution is 9.10. The van der Waals surface area contributed by atoms with Crippen LogP contribution in [0.3, 0.4) is 0 Å². The van der Waals surface area contributed by atoms with Crippen LogP contribution in [0.15, 0.2) is 40.9 Å². The summed E-state index contributed by atoms with van der Waals surface area (Å²) in [6.45, 7) is 0. The number of benzene rings is 2. The van der Waals surface area contributed by atoms with E-state index in [9.17, 15) is 4.79 Å². The summed E-state index contributed by atoms with van der Waals surface area (Å²) in [7, 11) is 4.75. The molecule has 0 bridgehead atoms. The standard InChI is InChI=1S/C18H20BrNO4/c1-22-15-7-5-4-6-14(15)20-18(21)9-8-12-10-16(23-2)17(24-3)11-13(12)19/h4-7,10-11H,8-9H2,1-3H3,(H,20,21). The Morgan fingerprint density at radius 2 is 1.62 bits per heavy atom. The molecule has 0 radical (unpaired) electrons. The van der Waals surface area contributed by atoms with E-state index in [-0.39, 0.29) is 5.91 Å². The number of aryl methyl sites for hydroxylation is 1. The largest absolute Gasteiger partial charge is 0.495 e. The molecular weight excluding hydrogens is 374 g/mol. The van der Waals surface area contributed by atoms with Gasteiger partial charge in [-0.1, -0.05) is 28.1 Å². The third kappa shape index (κ3) is 4.41. The number of halogens is 1. The molecular formula is C18H20BrNO4. The molecule has 0 aliphatic rings. The van der Waals surface area contributed by atoms with Gasteiger partial charge < -0.3 is 19.5 Å². The summed E-state index contributed by atoms with van der Waals surface area (Å²) in [5.41, 5.74) is 1.64. The fourth-order valence-electron chi connectivity index (χ4n) is 2.30. The zero-order valence-electron chi connectivity index (χ0n) is 13.9. The lowest BCUT2D eigenvalue weighted by Gasteiger charge is -2.12. The number of amides is 1. The van der Waals surface area contributed by atoms with Gasteiger partial charge in [-0.25, -0.2) is 0 Å². The highest BCUT2D eigenvalue weighted by Gasteiger charge is 2.12. The van der Waals surface area contributed by atoms with Crippen molar-refractivity contribution >= 4 is 27.5 Å². The molecule has 2 aromatic carbocycles. The van der Waals surface area contributed by atoms with Crippen molar-refractivity contribution in [1.29, 1.82) is 0 Å². The Kier molecular flexibility index (Phi) is 6.49. The van der Waals surface area contributed by atoms with Crippen molar-refractivity contribution in [2.45, 2.75) is 12.8 Å². The number of carbonyl (C=O) groups excluding carboxylic acids is 1. The van der Waals surface area contributed by atoms with Crippen molar-refractivity contribution in [3.05, 3.63) is 46.4 Å². The molecule has 0 fully saturated rings. The lowest BCUT2D eigenvalue weighted by atomic mass is 10.1. The Bertz CT molecular complexity index is 718. The molecule has 0 aliphatic heterocycles. The molecule has 128 valence electrons. The topological polar surface area (TPSA) is 56.8 Å². The lowest BCUT2D eigenvalue weighted by Crippen LogP contribution is -2.13. The van der Waals surface area contributed by atoms with Crippen molar-refractivity contribution in [3.63, 3.8) is 0 Å². The summed E-state index contributed by atoms with van der Waals surface area (Å²) >= 11 is 3.50. The van der Waals surface area contributed by atoms with Crippen LogP contribution in [0.2, 0.25) is 0 Å². The molecule has 0 saturated heterocycles. The van der Waals surface area contributed by atoms with E-state index < -0.39 is 0 Å². The monoisotopic (exact) mass is 393 g/mol. The van der Waals surface area contributed by atoms with Gasteiger partial charge in [0.25, 0.3) is 0 Å². The molecule has 0 spiro atoms. The summed E-state index contributed by atoms with van der Waals surface area (Å²) in [5, 5.41) is 2.87. The zero-order chi connectivity index (χ0) is 17.5. The number of hydrogen-bond donors (Lipinski definition) is 1. The van der Waals surface area contributed by atoms with Gasteiger partial charge >= 0.3 is 0 Å². The number of rotatable bonds is 7. The zero-order valence-corrected chi connectivity index (χ0v) is 15.5. The molecule has 0 heterocycles. The Balaban J connectivity index is 2.04. The van der Waals surface area contributed by atoms with Crippen LogP contribution in [0.25, 0.3) is 0 Å². The maximum absolute atomic E-state index is 12.2. The van der Waals surface area contributed by atoms with Gasteiger partial charge in [-0.3, -0.25) is 4.79 Å². The number of hydrogen-bond acceptors (Lipinski definition) is 4. The Labute approximate surface area is 150 Å². The van der Waals surface area contributed by atoms with Crippen molar-refractivity contribution in [1.82, 2.24) is 0 Å². The van der Waals surface area contributed by atoms with E-state index in [1.54, 1.807) is 27.4 Å². The number of ether oxygens (including phenoxy) is 3. The van der Waals surface area contributed by atoms with E-state index in [0.717, 1.165) is 10.0 Å². The van der Waals surface area contributed by atoms with Crippen LogP contribution in [0, 0.1) is 0 Å². The van der Waals surface area contributed by atoms with Crippen molar-refractivity contribution in [2.75, 3.05) is 26.6 Å². The fourth-order valence-corrected chi connectivity index (χ4v) is 2.82. The van der Waals surface area contributed by atoms with E-state index in [0.29, 0.717) is 35.8 Å². The second-order valence-electron chi connectivity index (χ2n) is 5.05. The van der Waals surface area contributed by atoms with Crippen LogP contribution >= 0.6 is 15.9 Å². The van der Waals surface area contributed by atoms with Crippen LogP contribution < -0.4 is 19.5 Å². The van der Waals surface area contributed by atoms with Gasteiger partial charge in [0.15, 0.2) is 11.5 Å². The first kappa shape index (κ1) is 18.1. The van der Waals surface area contributed by atoms with Crippen LogP contribution in [0.5, 0.6) is 17.2 Å². The predicted octanol–water partition coefficient (Wildman–Crippen LogP) is 4.05. The molecule has 6 heteroatoms. The molecule has 0 aliphatic carbocycles. The third-order valence-electron chi connectivity index (χ3n) is 3.56. The number of carbonyl (C=O) groups is 1. The van der Waals surface area contributed by atoms with Gasteiger partial charge in [-0.15, -0.1) is 0 Å². The second kappa shape index (κ2) is 8.59. The summed E-state index contributed by atoms with van der Waals surface area (Å²) in [5.74, 6) is 1.84. The van der Waals surface area contributed by atoms with Crippen LogP contribution in [0.4, 0.5) is 5.69 Å². The molecule has 5 nitrogen and oxygen atoms in total. The summed E-state index contributed by atoms with van der Waals surface area (Å²) in [4.78, 5) is 12.2. The normalized spacial score (nSPS) is 10.2. The summed E-state index contributed by atoms with van der Waals surface area (Å²) in [6.07, 6.45) is 0.911. The van der Waals surface area contributed by atoms with Crippen molar-refractivity contribution < 1.29 is 19.0 Å². The second-order valence-corrected chi connectivity index (χ2v) is 5.90. The Morgan fingerprint density at radius 3 is 2.29 bits per heavy atom. The first-order valence-electron chi connectivity index (χ1n) is 7.42. The fraction of sp³-hybridized carbons (Fsp3) is 0.278. The van der Waals surface area contributed by atoms with E-state index in [2.05, 4.69) is 21.2 Å². The highest BCUT2D eigenvalue weighted by atomic mass is 79.9. The molecule has 0 unspecified atom stereocenters. The maximum atomic E-state index is 12.2. The number of nitrogens with one attached hydrogen (secondary N) is 1. The van der Waals surface area contributed by atoms with Gasteiger partial charge in [-0.05, 0) is 36.2 Å². The Hall–Kier alpha value is -2.21. The molecule has 0 atom stereocenters. The predicted molar refractivity (Wildman–Crippen MR) is 97.2 cm³/mol. The smallest absolute Gasteiger partial charge is 0.224 e. The van der Waals surface area contributed by atoms with Gasteiger partial charge in [0.05, 0.1) is 27.0 Å². The highest BCUT2D eigenvalue weighted by Crippen LogP contribution is 2.34. The molecule has 2 rings (SSSR count). The summed E-state index contributed by atoms with van der Waals surface area (Å²) in [6, 6.07) is 11.0. The minimum Gasteiger partial charge on any atom is -0.495 e. The molecule has 1 N–H and O–H groups in total. The van der Waals surface area contributed by atoms with Crippen LogP contribution in [0.1, 0.15) is 12.0 Å². The quantitative estimate of drug-likeness (QED) is 0.770. The number of methoxy groups -OCH3 is 3. The molecule has 2 aromatic rings. The minimum absolute atomic E-state index is 0.0822. The summed E-state index contributed by atoms with van der Waals surface area (Å²) < 4.78 is 16.7. The van der Waals surface area contributed by atoms with E-state index >= 15 is 0 Å². The first-order valence-corrected chi connectivity index (χ1v) is 8.21. The number of para-hydroxylation sites is 2. The lowest BCUT2D eigenvalue weighted by molar-refractivity contribution is -0.116. The SMILES string of the molecule is COc1ccccc1NC(=O)CCc1cc(OC)c(OC)cc1Br. The maximum Gasteiger partial charge on any atom is 0.224 e. The molecule has 1 amide bonds. The van der Waals surface area contributed by atoms with E-state index in [4.69, 9.17) is 14.2 Å². The van der Waals surface area contributed by atoms with Crippen molar-refractivity contribution in [3.8, 4) is 17.2 Å². The van der Waals surface area contributed by atoms with Gasteiger partial charge in [0, 0.05) is 10.9 Å². The molecule has 24 heavy (non-hydrogen) atoms. The van der Waals surface area contributed by atoms with Crippen molar-refractivity contribution in [2.24, 2.45) is 0 Å². The average Bonchev–Trinajstić information content (AvgIpc) is 2.60. The van der Waals surface area contributed by atoms with Gasteiger partial charge in [0.1, 0.15) is 5.75 Å². The van der Waals surface area contributed by atoms with E-state index in [1.807, 2.05) is 30.3 Å². The van der Waals surface area contributed by atoms with Crippen LogP contribution in [-0.4, -0.2) is 27.2 Å².